The minimum Gasteiger partial charge on any atom is -0.366 e. The van der Waals surface area contributed by atoms with Crippen LogP contribution in [0.1, 0.15) is 34.3 Å². The minimum atomic E-state index is -0.356. The molecule has 2 N–H and O–H groups in total. The Morgan fingerprint density at radius 2 is 1.67 bits per heavy atom. The van der Waals surface area contributed by atoms with Crippen molar-refractivity contribution in [2.24, 2.45) is 5.73 Å². The van der Waals surface area contributed by atoms with E-state index in [2.05, 4.69) is 19.1 Å². The second-order valence-corrected chi connectivity index (χ2v) is 4.54. The molecule has 0 heterocycles. The van der Waals surface area contributed by atoms with Crippen molar-refractivity contribution in [3.05, 3.63) is 71.3 Å². The molecule has 0 aliphatic carbocycles. The van der Waals surface area contributed by atoms with E-state index in [1.54, 1.807) is 6.07 Å². The largest absolute Gasteiger partial charge is 0.366 e. The fourth-order valence-electron chi connectivity index (χ4n) is 2.17. The first-order valence-corrected chi connectivity index (χ1v) is 6.11. The van der Waals surface area contributed by atoms with Gasteiger partial charge in [-0.15, -0.1) is 0 Å². The van der Waals surface area contributed by atoms with Crippen molar-refractivity contribution in [2.45, 2.75) is 19.3 Å². The summed E-state index contributed by atoms with van der Waals surface area (Å²) in [5.41, 5.74) is 8.31. The lowest BCUT2D eigenvalue weighted by atomic mass is 9.91. The minimum absolute atomic E-state index is 0.356. The Labute approximate surface area is 107 Å². The quantitative estimate of drug-likeness (QED) is 0.875. The van der Waals surface area contributed by atoms with Crippen LogP contribution in [0.2, 0.25) is 0 Å². The third-order valence-corrected chi connectivity index (χ3v) is 3.18. The van der Waals surface area contributed by atoms with Crippen LogP contribution in [0.4, 0.5) is 0 Å². The molecule has 1 atom stereocenters. The normalized spacial score (nSPS) is 12.1. The van der Waals surface area contributed by atoms with E-state index in [-0.39, 0.29) is 5.91 Å². The molecule has 1 amide bonds. The summed E-state index contributed by atoms with van der Waals surface area (Å²) in [4.78, 5) is 11.4. The summed E-state index contributed by atoms with van der Waals surface area (Å²) in [6.07, 6.45) is 0.823. The summed E-state index contributed by atoms with van der Waals surface area (Å²) in [6.45, 7) is 2.16. The van der Waals surface area contributed by atoms with Crippen molar-refractivity contribution in [2.75, 3.05) is 0 Å². The Bertz CT molecular complexity index is 534. The van der Waals surface area contributed by atoms with Crippen molar-refractivity contribution in [3.8, 4) is 0 Å². The number of carbonyl (C=O) groups is 1. The molecule has 0 aliphatic heterocycles. The third kappa shape index (κ3) is 2.77. The molecule has 0 aliphatic rings. The summed E-state index contributed by atoms with van der Waals surface area (Å²) < 4.78 is 0. The monoisotopic (exact) mass is 239 g/mol. The summed E-state index contributed by atoms with van der Waals surface area (Å²) >= 11 is 0. The van der Waals surface area contributed by atoms with Gasteiger partial charge >= 0.3 is 0 Å². The van der Waals surface area contributed by atoms with E-state index < -0.39 is 0 Å². The van der Waals surface area contributed by atoms with Crippen molar-refractivity contribution in [3.63, 3.8) is 0 Å². The van der Waals surface area contributed by atoms with Gasteiger partial charge in [0, 0.05) is 5.56 Å². The number of benzene rings is 2. The van der Waals surface area contributed by atoms with Crippen LogP contribution in [-0.4, -0.2) is 5.91 Å². The zero-order chi connectivity index (χ0) is 13.0. The lowest BCUT2D eigenvalue weighted by Crippen LogP contribution is -2.14. The van der Waals surface area contributed by atoms with E-state index in [1.807, 2.05) is 36.4 Å². The lowest BCUT2D eigenvalue weighted by Gasteiger charge is -2.13. The second kappa shape index (κ2) is 5.50. The van der Waals surface area contributed by atoms with Crippen LogP contribution in [-0.2, 0) is 6.42 Å². The highest BCUT2D eigenvalue weighted by molar-refractivity contribution is 5.94. The van der Waals surface area contributed by atoms with Gasteiger partial charge in [0.25, 0.3) is 0 Å². The summed E-state index contributed by atoms with van der Waals surface area (Å²) in [5, 5.41) is 0. The first kappa shape index (κ1) is 12.4. The molecule has 0 saturated carbocycles. The predicted molar refractivity (Wildman–Crippen MR) is 73.5 cm³/mol. The number of rotatable bonds is 4. The fourth-order valence-corrected chi connectivity index (χ4v) is 2.17. The molecular weight excluding hydrogens is 222 g/mol. The molecule has 92 valence electrons. The highest BCUT2D eigenvalue weighted by Gasteiger charge is 2.11. The molecule has 2 heteroatoms. The van der Waals surface area contributed by atoms with Gasteiger partial charge in [0.2, 0.25) is 5.91 Å². The zero-order valence-electron chi connectivity index (χ0n) is 10.5. The molecule has 1 unspecified atom stereocenters. The third-order valence-electron chi connectivity index (χ3n) is 3.18. The molecule has 0 aromatic heterocycles. The van der Waals surface area contributed by atoms with Gasteiger partial charge in [-0.2, -0.15) is 0 Å². The van der Waals surface area contributed by atoms with Crippen LogP contribution in [0.25, 0.3) is 0 Å². The van der Waals surface area contributed by atoms with Crippen LogP contribution in [0.5, 0.6) is 0 Å². The van der Waals surface area contributed by atoms with Crippen molar-refractivity contribution in [1.82, 2.24) is 0 Å². The average Bonchev–Trinajstić information content (AvgIpc) is 2.40. The Hall–Kier alpha value is -2.09. The standard InChI is InChI=1S/C16H17NO/c1-12(13-7-3-2-4-8-13)11-14-9-5-6-10-15(14)16(17)18/h2-10,12H,11H2,1H3,(H2,17,18). The van der Waals surface area contributed by atoms with Gasteiger partial charge in [0.15, 0.2) is 0 Å². The highest BCUT2D eigenvalue weighted by atomic mass is 16.1. The van der Waals surface area contributed by atoms with E-state index in [0.717, 1.165) is 12.0 Å². The van der Waals surface area contributed by atoms with Crippen LogP contribution >= 0.6 is 0 Å². The number of nitrogens with two attached hydrogens (primary N) is 1. The SMILES string of the molecule is CC(Cc1ccccc1C(N)=O)c1ccccc1. The number of primary amides is 1. The van der Waals surface area contributed by atoms with Gasteiger partial charge in [-0.1, -0.05) is 55.5 Å². The first-order valence-electron chi connectivity index (χ1n) is 6.11. The molecule has 0 fully saturated rings. The van der Waals surface area contributed by atoms with E-state index >= 15 is 0 Å². The molecular formula is C16H17NO. The molecule has 2 rings (SSSR count). The molecule has 0 bridgehead atoms. The second-order valence-electron chi connectivity index (χ2n) is 4.54. The van der Waals surface area contributed by atoms with Gasteiger partial charge in [-0.25, -0.2) is 0 Å². The topological polar surface area (TPSA) is 43.1 Å². The molecule has 2 nitrogen and oxygen atoms in total. The number of carbonyl (C=O) groups excluding carboxylic acids is 1. The Kier molecular flexibility index (Phi) is 3.78. The van der Waals surface area contributed by atoms with Gasteiger partial charge in [0.1, 0.15) is 0 Å². The van der Waals surface area contributed by atoms with E-state index in [1.165, 1.54) is 5.56 Å². The van der Waals surface area contributed by atoms with Crippen molar-refractivity contribution in [1.29, 1.82) is 0 Å². The van der Waals surface area contributed by atoms with Gasteiger partial charge < -0.3 is 5.73 Å². The summed E-state index contributed by atoms with van der Waals surface area (Å²) in [6, 6.07) is 17.8. The molecule has 2 aromatic rings. The Balaban J connectivity index is 2.22. The fraction of sp³-hybridized carbons (Fsp3) is 0.188. The van der Waals surface area contributed by atoms with Gasteiger partial charge in [-0.05, 0) is 29.5 Å². The number of hydrogen-bond donors (Lipinski definition) is 1. The van der Waals surface area contributed by atoms with Crippen LogP contribution in [0.3, 0.4) is 0 Å². The Morgan fingerprint density at radius 1 is 1.06 bits per heavy atom. The lowest BCUT2D eigenvalue weighted by molar-refractivity contribution is 0.0999. The number of amides is 1. The van der Waals surface area contributed by atoms with Gasteiger partial charge in [-0.3, -0.25) is 4.79 Å². The highest BCUT2D eigenvalue weighted by Crippen LogP contribution is 2.21. The molecule has 18 heavy (non-hydrogen) atoms. The van der Waals surface area contributed by atoms with Crippen LogP contribution in [0.15, 0.2) is 54.6 Å². The van der Waals surface area contributed by atoms with Gasteiger partial charge in [0.05, 0.1) is 0 Å². The maximum Gasteiger partial charge on any atom is 0.248 e. The summed E-state index contributed by atoms with van der Waals surface area (Å²) in [7, 11) is 0. The van der Waals surface area contributed by atoms with Crippen LogP contribution in [0, 0.1) is 0 Å². The first-order chi connectivity index (χ1) is 8.68. The number of hydrogen-bond acceptors (Lipinski definition) is 1. The van der Waals surface area contributed by atoms with Crippen molar-refractivity contribution >= 4 is 5.91 Å². The molecule has 0 spiro atoms. The predicted octanol–water partition coefficient (Wildman–Crippen LogP) is 3.13. The zero-order valence-corrected chi connectivity index (χ0v) is 10.5. The van der Waals surface area contributed by atoms with Crippen LogP contribution < -0.4 is 5.73 Å². The molecule has 0 saturated heterocycles. The summed E-state index contributed by atoms with van der Waals surface area (Å²) in [5.74, 6) is 0.0116. The maximum atomic E-state index is 11.4. The Morgan fingerprint density at radius 3 is 2.33 bits per heavy atom. The molecule has 2 aromatic carbocycles. The van der Waals surface area contributed by atoms with E-state index in [4.69, 9.17) is 5.73 Å². The molecule has 0 radical (unpaired) electrons. The van der Waals surface area contributed by atoms with E-state index in [0.29, 0.717) is 11.5 Å². The average molecular weight is 239 g/mol. The van der Waals surface area contributed by atoms with E-state index in [9.17, 15) is 4.79 Å². The smallest absolute Gasteiger partial charge is 0.248 e. The van der Waals surface area contributed by atoms with Crippen molar-refractivity contribution < 1.29 is 4.79 Å². The maximum absolute atomic E-state index is 11.4.